The van der Waals surface area contributed by atoms with E-state index in [2.05, 4.69) is 4.90 Å². The number of ketones is 1. The first kappa shape index (κ1) is 12.8. The van der Waals surface area contributed by atoms with Gasteiger partial charge in [-0.15, -0.1) is 0 Å². The first-order valence-electron chi connectivity index (χ1n) is 7.26. The van der Waals surface area contributed by atoms with Crippen LogP contribution < -0.4 is 0 Å². The second kappa shape index (κ2) is 5.41. The number of likely N-dealkylation sites (tertiary alicyclic amines) is 1. The number of hydrogen-bond acceptors (Lipinski definition) is 2. The van der Waals surface area contributed by atoms with E-state index in [-0.39, 0.29) is 11.7 Å². The normalized spacial score (nSPS) is 28.2. The molecular weight excluding hydrogens is 241 g/mol. The van der Waals surface area contributed by atoms with Crippen molar-refractivity contribution in [1.82, 2.24) is 4.90 Å². The summed E-state index contributed by atoms with van der Waals surface area (Å²) < 4.78 is 13.7. The number of benzene rings is 1. The SMILES string of the molecule is O=C1CCCC1C1CCCN1Cc1ccccc1F. The van der Waals surface area contributed by atoms with Gasteiger partial charge in [0, 0.05) is 30.5 Å². The highest BCUT2D eigenvalue weighted by atomic mass is 19.1. The van der Waals surface area contributed by atoms with Gasteiger partial charge in [-0.25, -0.2) is 4.39 Å². The number of carbonyl (C=O) groups is 1. The van der Waals surface area contributed by atoms with Crippen LogP contribution in [0.15, 0.2) is 24.3 Å². The Morgan fingerprint density at radius 2 is 2.05 bits per heavy atom. The molecule has 1 aliphatic carbocycles. The third-order valence-electron chi connectivity index (χ3n) is 4.56. The minimum atomic E-state index is -0.133. The predicted octanol–water partition coefficient (Wildman–Crippen LogP) is 3.16. The Morgan fingerprint density at radius 3 is 2.79 bits per heavy atom. The van der Waals surface area contributed by atoms with Crippen LogP contribution in [0.3, 0.4) is 0 Å². The fraction of sp³-hybridized carbons (Fsp3) is 0.562. The van der Waals surface area contributed by atoms with E-state index >= 15 is 0 Å². The Balaban J connectivity index is 1.73. The molecule has 0 spiro atoms. The van der Waals surface area contributed by atoms with Gasteiger partial charge in [0.15, 0.2) is 0 Å². The number of nitrogens with zero attached hydrogens (tertiary/aromatic N) is 1. The lowest BCUT2D eigenvalue weighted by molar-refractivity contribution is -0.122. The van der Waals surface area contributed by atoms with Gasteiger partial charge in [-0.3, -0.25) is 9.69 Å². The van der Waals surface area contributed by atoms with Gasteiger partial charge in [0.25, 0.3) is 0 Å². The van der Waals surface area contributed by atoms with E-state index in [1.165, 1.54) is 6.07 Å². The molecule has 2 aliphatic rings. The molecule has 3 heteroatoms. The Bertz CT molecular complexity index is 474. The number of Topliss-reactive ketones (excluding diaryl/α,β-unsaturated/α-hetero) is 1. The summed E-state index contributed by atoms with van der Waals surface area (Å²) in [5.41, 5.74) is 0.750. The Morgan fingerprint density at radius 1 is 1.21 bits per heavy atom. The highest BCUT2D eigenvalue weighted by Crippen LogP contribution is 2.34. The molecule has 0 N–H and O–H groups in total. The van der Waals surface area contributed by atoms with Crippen molar-refractivity contribution in [3.05, 3.63) is 35.6 Å². The molecule has 1 aromatic rings. The van der Waals surface area contributed by atoms with Crippen molar-refractivity contribution in [3.63, 3.8) is 0 Å². The highest BCUT2D eigenvalue weighted by molar-refractivity contribution is 5.83. The van der Waals surface area contributed by atoms with Crippen LogP contribution in [0.4, 0.5) is 4.39 Å². The molecule has 1 aromatic carbocycles. The smallest absolute Gasteiger partial charge is 0.137 e. The lowest BCUT2D eigenvalue weighted by atomic mass is 9.95. The van der Waals surface area contributed by atoms with Crippen molar-refractivity contribution in [2.24, 2.45) is 5.92 Å². The van der Waals surface area contributed by atoms with Crippen LogP contribution in [0.1, 0.15) is 37.7 Å². The van der Waals surface area contributed by atoms with E-state index in [9.17, 15) is 9.18 Å². The van der Waals surface area contributed by atoms with Crippen molar-refractivity contribution >= 4 is 5.78 Å². The number of carbonyl (C=O) groups excluding carboxylic acids is 1. The minimum Gasteiger partial charge on any atom is -0.299 e. The predicted molar refractivity (Wildman–Crippen MR) is 72.2 cm³/mol. The molecule has 2 unspecified atom stereocenters. The minimum absolute atomic E-state index is 0.133. The molecule has 1 saturated heterocycles. The quantitative estimate of drug-likeness (QED) is 0.833. The Labute approximate surface area is 113 Å². The molecule has 1 saturated carbocycles. The van der Waals surface area contributed by atoms with E-state index in [1.54, 1.807) is 6.07 Å². The summed E-state index contributed by atoms with van der Waals surface area (Å²) in [6, 6.07) is 7.31. The summed E-state index contributed by atoms with van der Waals surface area (Å²) >= 11 is 0. The van der Waals surface area contributed by atoms with Crippen LogP contribution >= 0.6 is 0 Å². The van der Waals surface area contributed by atoms with Gasteiger partial charge in [-0.05, 0) is 38.3 Å². The molecule has 0 radical (unpaired) electrons. The molecule has 1 heterocycles. The number of hydrogen-bond donors (Lipinski definition) is 0. The van der Waals surface area contributed by atoms with Gasteiger partial charge >= 0.3 is 0 Å². The van der Waals surface area contributed by atoms with E-state index < -0.39 is 0 Å². The van der Waals surface area contributed by atoms with E-state index in [4.69, 9.17) is 0 Å². The average molecular weight is 261 g/mol. The van der Waals surface area contributed by atoms with Gasteiger partial charge in [-0.1, -0.05) is 18.2 Å². The summed E-state index contributed by atoms with van der Waals surface area (Å²) in [4.78, 5) is 14.2. The molecule has 3 rings (SSSR count). The fourth-order valence-electron chi connectivity index (χ4n) is 3.60. The topological polar surface area (TPSA) is 20.3 Å². The average Bonchev–Trinajstić information content (AvgIpc) is 3.01. The van der Waals surface area contributed by atoms with E-state index in [1.807, 2.05) is 12.1 Å². The number of halogens is 1. The lowest BCUT2D eigenvalue weighted by Gasteiger charge is -2.28. The van der Waals surface area contributed by atoms with Crippen molar-refractivity contribution in [2.45, 2.75) is 44.7 Å². The fourth-order valence-corrected chi connectivity index (χ4v) is 3.60. The van der Waals surface area contributed by atoms with Crippen LogP contribution in [0, 0.1) is 11.7 Å². The summed E-state index contributed by atoms with van der Waals surface area (Å²) in [5.74, 6) is 0.491. The van der Waals surface area contributed by atoms with Crippen LogP contribution in [0.2, 0.25) is 0 Å². The van der Waals surface area contributed by atoms with Crippen LogP contribution in [0.25, 0.3) is 0 Å². The first-order valence-corrected chi connectivity index (χ1v) is 7.26. The van der Waals surface area contributed by atoms with Crippen molar-refractivity contribution in [3.8, 4) is 0 Å². The summed E-state index contributed by atoms with van der Waals surface area (Å²) in [6.07, 6.45) is 5.02. The maximum Gasteiger partial charge on any atom is 0.137 e. The molecule has 0 aromatic heterocycles. The number of rotatable bonds is 3. The monoisotopic (exact) mass is 261 g/mol. The Kier molecular flexibility index (Phi) is 3.65. The maximum atomic E-state index is 13.7. The van der Waals surface area contributed by atoms with Crippen LogP contribution in [-0.4, -0.2) is 23.3 Å². The third kappa shape index (κ3) is 2.57. The van der Waals surface area contributed by atoms with Crippen LogP contribution in [0.5, 0.6) is 0 Å². The molecule has 0 amide bonds. The molecule has 19 heavy (non-hydrogen) atoms. The first-order chi connectivity index (χ1) is 9.25. The molecular formula is C16H20FNO. The second-order valence-electron chi connectivity index (χ2n) is 5.74. The van der Waals surface area contributed by atoms with Gasteiger partial charge < -0.3 is 0 Å². The Hall–Kier alpha value is -1.22. The third-order valence-corrected chi connectivity index (χ3v) is 4.56. The summed E-state index contributed by atoms with van der Waals surface area (Å²) in [5, 5.41) is 0. The summed E-state index contributed by atoms with van der Waals surface area (Å²) in [6.45, 7) is 1.63. The van der Waals surface area contributed by atoms with Crippen molar-refractivity contribution in [1.29, 1.82) is 0 Å². The molecule has 0 bridgehead atoms. The van der Waals surface area contributed by atoms with Gasteiger partial charge in [0.2, 0.25) is 0 Å². The highest BCUT2D eigenvalue weighted by Gasteiger charge is 2.37. The zero-order valence-corrected chi connectivity index (χ0v) is 11.1. The zero-order valence-electron chi connectivity index (χ0n) is 11.1. The van der Waals surface area contributed by atoms with Crippen LogP contribution in [-0.2, 0) is 11.3 Å². The standard InChI is InChI=1S/C16H20FNO/c17-14-7-2-1-5-12(14)11-18-10-4-8-15(18)13-6-3-9-16(13)19/h1-2,5,7,13,15H,3-4,6,8-11H2. The second-order valence-corrected chi connectivity index (χ2v) is 5.74. The lowest BCUT2D eigenvalue weighted by Crippen LogP contribution is -2.37. The molecule has 1 aliphatic heterocycles. The van der Waals surface area contributed by atoms with E-state index in [0.717, 1.165) is 44.2 Å². The molecule has 2 atom stereocenters. The van der Waals surface area contributed by atoms with Crippen molar-refractivity contribution < 1.29 is 9.18 Å². The van der Waals surface area contributed by atoms with E-state index in [0.29, 0.717) is 18.4 Å². The van der Waals surface area contributed by atoms with Gasteiger partial charge in [-0.2, -0.15) is 0 Å². The molecule has 2 nitrogen and oxygen atoms in total. The van der Waals surface area contributed by atoms with Gasteiger partial charge in [0.05, 0.1) is 0 Å². The largest absolute Gasteiger partial charge is 0.299 e. The zero-order chi connectivity index (χ0) is 13.2. The van der Waals surface area contributed by atoms with Gasteiger partial charge in [0.1, 0.15) is 11.6 Å². The molecule has 2 fully saturated rings. The summed E-state index contributed by atoms with van der Waals surface area (Å²) in [7, 11) is 0. The molecule has 102 valence electrons. The maximum absolute atomic E-state index is 13.7. The van der Waals surface area contributed by atoms with Crippen molar-refractivity contribution in [2.75, 3.05) is 6.54 Å².